The Bertz CT molecular complexity index is 1300. The molecule has 0 spiro atoms. The number of thiophene rings is 1. The fraction of sp³-hybridized carbons (Fsp3) is 0.0400. The van der Waals surface area contributed by atoms with Gasteiger partial charge in [0.1, 0.15) is 22.7 Å². The molecule has 0 aliphatic rings. The lowest BCUT2D eigenvalue weighted by molar-refractivity contribution is 0.415. The van der Waals surface area contributed by atoms with Crippen LogP contribution in [0.2, 0.25) is 0 Å². The summed E-state index contributed by atoms with van der Waals surface area (Å²) >= 11 is 1.61. The van der Waals surface area contributed by atoms with Crippen molar-refractivity contribution < 1.29 is 4.74 Å². The van der Waals surface area contributed by atoms with Crippen LogP contribution in [0.5, 0.6) is 5.75 Å². The smallest absolute Gasteiger partial charge is 0.143 e. The zero-order valence-electron chi connectivity index (χ0n) is 16.9. The molecule has 0 radical (unpaired) electrons. The van der Waals surface area contributed by atoms with Gasteiger partial charge in [0.2, 0.25) is 0 Å². The van der Waals surface area contributed by atoms with Gasteiger partial charge in [-0.1, -0.05) is 30.3 Å². The van der Waals surface area contributed by atoms with Crippen LogP contribution in [0.3, 0.4) is 0 Å². The summed E-state index contributed by atoms with van der Waals surface area (Å²) in [5, 5.41) is 10.0. The summed E-state index contributed by atoms with van der Waals surface area (Å²) in [7, 11) is 1.67. The first-order valence-corrected chi connectivity index (χ1v) is 10.7. The van der Waals surface area contributed by atoms with E-state index >= 15 is 0 Å². The molecule has 31 heavy (non-hydrogen) atoms. The predicted octanol–water partition coefficient (Wildman–Crippen LogP) is 6.85. The lowest BCUT2D eigenvalue weighted by atomic mass is 10.1. The highest BCUT2D eigenvalue weighted by atomic mass is 32.1. The number of methoxy groups -OCH3 is 1. The van der Waals surface area contributed by atoms with Gasteiger partial charge in [0.25, 0.3) is 0 Å². The normalized spacial score (nSPS) is 10.7. The monoisotopic (exact) mass is 424 g/mol. The second kappa shape index (κ2) is 8.45. The number of rotatable bonds is 6. The van der Waals surface area contributed by atoms with Crippen LogP contribution in [0.1, 0.15) is 0 Å². The first-order valence-electron chi connectivity index (χ1n) is 9.86. The quantitative estimate of drug-likeness (QED) is 0.312. The van der Waals surface area contributed by atoms with Crippen molar-refractivity contribution in [3.8, 4) is 16.9 Å². The van der Waals surface area contributed by atoms with Gasteiger partial charge in [0, 0.05) is 28.0 Å². The van der Waals surface area contributed by atoms with Crippen LogP contribution in [0.15, 0.2) is 90.6 Å². The Labute approximate surface area is 184 Å². The first-order chi connectivity index (χ1) is 15.3. The van der Waals surface area contributed by atoms with E-state index in [0.29, 0.717) is 0 Å². The summed E-state index contributed by atoms with van der Waals surface area (Å²) in [6, 6.07) is 26.3. The van der Waals surface area contributed by atoms with E-state index < -0.39 is 0 Å². The maximum Gasteiger partial charge on any atom is 0.143 e. The van der Waals surface area contributed by atoms with E-state index in [1.165, 1.54) is 0 Å². The van der Waals surface area contributed by atoms with E-state index in [0.717, 1.165) is 50.0 Å². The molecule has 0 saturated carbocycles. The Balaban J connectivity index is 1.43. The Morgan fingerprint density at radius 1 is 0.742 bits per heavy atom. The van der Waals surface area contributed by atoms with E-state index in [1.54, 1.807) is 24.8 Å². The van der Waals surface area contributed by atoms with Crippen molar-refractivity contribution in [2.75, 3.05) is 17.7 Å². The van der Waals surface area contributed by atoms with Crippen LogP contribution in [0, 0.1) is 0 Å². The van der Waals surface area contributed by atoms with Crippen molar-refractivity contribution >= 4 is 44.4 Å². The molecule has 0 saturated heterocycles. The molecule has 5 rings (SSSR count). The topological polar surface area (TPSA) is 59.1 Å². The predicted molar refractivity (Wildman–Crippen MR) is 129 cm³/mol. The van der Waals surface area contributed by atoms with Gasteiger partial charge in [0.05, 0.1) is 12.5 Å². The maximum atomic E-state index is 5.28. The average molecular weight is 425 g/mol. The molecule has 0 atom stereocenters. The molecule has 6 heteroatoms. The highest BCUT2D eigenvalue weighted by molar-refractivity contribution is 7.17. The largest absolute Gasteiger partial charge is 0.497 e. The van der Waals surface area contributed by atoms with Crippen molar-refractivity contribution in [2.45, 2.75) is 0 Å². The molecule has 2 N–H and O–H groups in total. The summed E-state index contributed by atoms with van der Waals surface area (Å²) in [6.07, 6.45) is 1.60. The number of nitrogens with one attached hydrogen (secondary N) is 2. The Hall–Kier alpha value is -3.90. The zero-order valence-corrected chi connectivity index (χ0v) is 17.7. The number of fused-ring (bicyclic) bond motifs is 1. The molecule has 3 aromatic carbocycles. The molecule has 0 fully saturated rings. The van der Waals surface area contributed by atoms with Crippen molar-refractivity contribution in [3.05, 3.63) is 90.6 Å². The van der Waals surface area contributed by atoms with Gasteiger partial charge in [-0.25, -0.2) is 9.97 Å². The second-order valence-electron chi connectivity index (χ2n) is 6.97. The lowest BCUT2D eigenvalue weighted by Crippen LogP contribution is -1.96. The van der Waals surface area contributed by atoms with Gasteiger partial charge < -0.3 is 15.4 Å². The number of hydrogen-bond acceptors (Lipinski definition) is 6. The third-order valence-corrected chi connectivity index (χ3v) is 5.87. The van der Waals surface area contributed by atoms with Crippen LogP contribution in [0.4, 0.5) is 22.9 Å². The number of nitrogens with zero attached hydrogens (tertiary/aromatic N) is 2. The first kappa shape index (κ1) is 19.1. The van der Waals surface area contributed by atoms with Gasteiger partial charge in [-0.15, -0.1) is 11.3 Å². The van der Waals surface area contributed by atoms with E-state index in [9.17, 15) is 0 Å². The molecule has 2 heterocycles. The van der Waals surface area contributed by atoms with Gasteiger partial charge in [-0.3, -0.25) is 0 Å². The van der Waals surface area contributed by atoms with Gasteiger partial charge >= 0.3 is 0 Å². The minimum atomic E-state index is 0.792. The van der Waals surface area contributed by atoms with Crippen LogP contribution in [-0.4, -0.2) is 17.1 Å². The van der Waals surface area contributed by atoms with Crippen molar-refractivity contribution in [1.29, 1.82) is 0 Å². The zero-order chi connectivity index (χ0) is 21.0. The minimum absolute atomic E-state index is 0.792. The molecular formula is C25H20N4OS. The number of benzene rings is 3. The van der Waals surface area contributed by atoms with E-state index in [-0.39, 0.29) is 0 Å². The number of anilines is 4. The third kappa shape index (κ3) is 4.06. The van der Waals surface area contributed by atoms with Crippen molar-refractivity contribution in [1.82, 2.24) is 9.97 Å². The van der Waals surface area contributed by atoms with Crippen LogP contribution >= 0.6 is 11.3 Å². The molecule has 0 aliphatic carbocycles. The van der Waals surface area contributed by atoms with Gasteiger partial charge in [-0.05, 0) is 54.1 Å². The number of ether oxygens (including phenoxy) is 1. The van der Waals surface area contributed by atoms with Crippen molar-refractivity contribution in [2.24, 2.45) is 0 Å². The molecule has 152 valence electrons. The molecule has 5 aromatic rings. The van der Waals surface area contributed by atoms with Gasteiger partial charge in [0.15, 0.2) is 0 Å². The molecule has 0 aliphatic heterocycles. The summed E-state index contributed by atoms with van der Waals surface area (Å²) in [4.78, 5) is 9.94. The Morgan fingerprint density at radius 3 is 2.13 bits per heavy atom. The number of aromatic nitrogens is 2. The van der Waals surface area contributed by atoms with Crippen LogP contribution < -0.4 is 15.4 Å². The third-order valence-electron chi connectivity index (χ3n) is 4.98. The highest BCUT2D eigenvalue weighted by Crippen LogP contribution is 2.38. The maximum absolute atomic E-state index is 5.28. The molecule has 0 bridgehead atoms. The highest BCUT2D eigenvalue weighted by Gasteiger charge is 2.13. The summed E-state index contributed by atoms with van der Waals surface area (Å²) in [6.45, 7) is 0. The fourth-order valence-electron chi connectivity index (χ4n) is 3.41. The summed E-state index contributed by atoms with van der Waals surface area (Å²) in [5.41, 5.74) is 5.26. The fourth-order valence-corrected chi connectivity index (χ4v) is 4.33. The summed E-state index contributed by atoms with van der Waals surface area (Å²) < 4.78 is 5.28. The number of hydrogen-bond donors (Lipinski definition) is 2. The number of para-hydroxylation sites is 1. The Kier molecular flexibility index (Phi) is 5.21. The van der Waals surface area contributed by atoms with E-state index in [2.05, 4.69) is 38.1 Å². The molecule has 2 aromatic heterocycles. The summed E-state index contributed by atoms with van der Waals surface area (Å²) in [5.74, 6) is 1.63. The van der Waals surface area contributed by atoms with E-state index in [1.807, 2.05) is 66.7 Å². The average Bonchev–Trinajstić information content (AvgIpc) is 3.26. The molecular weight excluding hydrogens is 404 g/mol. The molecule has 5 nitrogen and oxygen atoms in total. The van der Waals surface area contributed by atoms with Crippen molar-refractivity contribution in [3.63, 3.8) is 0 Å². The Morgan fingerprint density at radius 2 is 1.42 bits per heavy atom. The second-order valence-corrected chi connectivity index (χ2v) is 7.83. The molecule has 0 unspecified atom stereocenters. The standard InChI is InChI=1S/C25H20N4OS/c1-30-21-13-7-17(8-14-21)22-15-31-25-23(22)24(26-16-27-25)29-20-11-9-19(10-12-20)28-18-5-3-2-4-6-18/h2-16,28H,1H3,(H,26,27,29). The van der Waals surface area contributed by atoms with Crippen LogP contribution in [-0.2, 0) is 0 Å². The molecule has 0 amide bonds. The minimum Gasteiger partial charge on any atom is -0.497 e. The van der Waals surface area contributed by atoms with Gasteiger partial charge in [-0.2, -0.15) is 0 Å². The van der Waals surface area contributed by atoms with Crippen LogP contribution in [0.25, 0.3) is 21.3 Å². The van der Waals surface area contributed by atoms with E-state index in [4.69, 9.17) is 4.74 Å². The SMILES string of the molecule is COc1ccc(-c2csc3ncnc(Nc4ccc(Nc5ccccc5)cc4)c23)cc1. The lowest BCUT2D eigenvalue weighted by Gasteiger charge is -2.10.